The van der Waals surface area contributed by atoms with E-state index in [4.69, 9.17) is 4.74 Å². The van der Waals surface area contributed by atoms with E-state index < -0.39 is 0 Å². The van der Waals surface area contributed by atoms with Crippen molar-refractivity contribution in [2.24, 2.45) is 0 Å². The highest BCUT2D eigenvalue weighted by atomic mass is 16.5. The molecule has 2 aromatic heterocycles. The van der Waals surface area contributed by atoms with Crippen LogP contribution < -0.4 is 4.74 Å². The lowest BCUT2D eigenvalue weighted by Crippen LogP contribution is -1.86. The Morgan fingerprint density at radius 3 is 3.08 bits per heavy atom. The van der Waals surface area contributed by atoms with Crippen LogP contribution in [-0.2, 0) is 6.42 Å². The van der Waals surface area contributed by atoms with Crippen LogP contribution in [0.1, 0.15) is 12.6 Å². The number of hydrogen-bond acceptors (Lipinski definition) is 2. The van der Waals surface area contributed by atoms with Crippen LogP contribution in [0.3, 0.4) is 0 Å². The molecule has 0 saturated carbocycles. The number of aromatic nitrogens is 2. The van der Waals surface area contributed by atoms with Gasteiger partial charge in [0.1, 0.15) is 0 Å². The van der Waals surface area contributed by atoms with Gasteiger partial charge >= 0.3 is 0 Å². The van der Waals surface area contributed by atoms with Crippen LogP contribution in [0.5, 0.6) is 5.88 Å². The van der Waals surface area contributed by atoms with Gasteiger partial charge in [0.25, 0.3) is 0 Å². The Morgan fingerprint density at radius 2 is 2.38 bits per heavy atom. The summed E-state index contributed by atoms with van der Waals surface area (Å²) in [5, 5.41) is 1.06. The van der Waals surface area contributed by atoms with E-state index in [1.807, 2.05) is 6.07 Å². The standard InChI is InChI=1S/C10H12N2O/c1-3-7-6-8-9(12-7)4-5-11-10(8)13-2/h4-6,12H,3H2,1-2H3. The molecule has 13 heavy (non-hydrogen) atoms. The molecule has 2 rings (SSSR count). The molecule has 3 nitrogen and oxygen atoms in total. The van der Waals surface area contributed by atoms with Crippen LogP contribution in [0.4, 0.5) is 0 Å². The zero-order valence-corrected chi connectivity index (χ0v) is 7.79. The number of H-pyrrole nitrogens is 1. The molecule has 0 spiro atoms. The molecule has 3 heteroatoms. The van der Waals surface area contributed by atoms with Crippen LogP contribution in [0.25, 0.3) is 10.9 Å². The van der Waals surface area contributed by atoms with Crippen molar-refractivity contribution < 1.29 is 4.74 Å². The highest BCUT2D eigenvalue weighted by Crippen LogP contribution is 2.23. The Labute approximate surface area is 76.8 Å². The van der Waals surface area contributed by atoms with E-state index in [9.17, 15) is 0 Å². The SMILES string of the molecule is CCc1cc2c(OC)nccc2[nH]1. The molecule has 0 aliphatic carbocycles. The third-order valence-corrected chi connectivity index (χ3v) is 2.14. The molecule has 0 amide bonds. The van der Waals surface area contributed by atoms with Crippen molar-refractivity contribution in [1.82, 2.24) is 9.97 Å². The number of hydrogen-bond donors (Lipinski definition) is 1. The van der Waals surface area contributed by atoms with Crippen molar-refractivity contribution >= 4 is 10.9 Å². The number of rotatable bonds is 2. The fraction of sp³-hybridized carbons (Fsp3) is 0.300. The summed E-state index contributed by atoms with van der Waals surface area (Å²) < 4.78 is 5.15. The minimum absolute atomic E-state index is 0.688. The average Bonchev–Trinajstić information content (AvgIpc) is 2.59. The quantitative estimate of drug-likeness (QED) is 0.761. The van der Waals surface area contributed by atoms with Crippen molar-refractivity contribution in [1.29, 1.82) is 0 Å². The molecule has 0 aliphatic rings. The third-order valence-electron chi connectivity index (χ3n) is 2.14. The van der Waals surface area contributed by atoms with Crippen molar-refractivity contribution in [3.05, 3.63) is 24.0 Å². The molecule has 0 bridgehead atoms. The van der Waals surface area contributed by atoms with E-state index in [0.717, 1.165) is 17.3 Å². The van der Waals surface area contributed by atoms with Gasteiger partial charge in [-0.3, -0.25) is 0 Å². The van der Waals surface area contributed by atoms with Crippen molar-refractivity contribution in [2.75, 3.05) is 7.11 Å². The van der Waals surface area contributed by atoms with E-state index in [1.54, 1.807) is 13.3 Å². The average molecular weight is 176 g/mol. The summed E-state index contributed by atoms with van der Waals surface area (Å²) in [5.41, 5.74) is 2.30. The Morgan fingerprint density at radius 1 is 1.54 bits per heavy atom. The van der Waals surface area contributed by atoms with Gasteiger partial charge in [-0.2, -0.15) is 0 Å². The molecule has 0 atom stereocenters. The summed E-state index contributed by atoms with van der Waals surface area (Å²) in [5.74, 6) is 0.688. The topological polar surface area (TPSA) is 37.9 Å². The van der Waals surface area contributed by atoms with E-state index in [1.165, 1.54) is 5.69 Å². The van der Waals surface area contributed by atoms with E-state index in [2.05, 4.69) is 23.0 Å². The largest absolute Gasteiger partial charge is 0.481 e. The van der Waals surface area contributed by atoms with Crippen molar-refractivity contribution in [3.8, 4) is 5.88 Å². The summed E-state index contributed by atoms with van der Waals surface area (Å²) in [7, 11) is 1.64. The Kier molecular flexibility index (Phi) is 1.93. The first-order valence-electron chi connectivity index (χ1n) is 4.35. The van der Waals surface area contributed by atoms with E-state index in [-0.39, 0.29) is 0 Å². The third kappa shape index (κ3) is 1.26. The summed E-state index contributed by atoms with van der Waals surface area (Å²) >= 11 is 0. The summed E-state index contributed by atoms with van der Waals surface area (Å²) in [6.45, 7) is 2.12. The first-order valence-corrected chi connectivity index (χ1v) is 4.35. The number of pyridine rings is 1. The van der Waals surface area contributed by atoms with Gasteiger partial charge in [-0.1, -0.05) is 6.92 Å². The van der Waals surface area contributed by atoms with Gasteiger partial charge in [0, 0.05) is 11.9 Å². The number of ether oxygens (including phenoxy) is 1. The number of aryl methyl sites for hydroxylation is 1. The summed E-state index contributed by atoms with van der Waals surface area (Å²) in [6, 6.07) is 4.04. The molecule has 2 aromatic rings. The van der Waals surface area contributed by atoms with Gasteiger partial charge in [-0.05, 0) is 18.6 Å². The molecule has 0 unspecified atom stereocenters. The molecular weight excluding hydrogens is 164 g/mol. The Hall–Kier alpha value is -1.51. The zero-order valence-electron chi connectivity index (χ0n) is 7.79. The van der Waals surface area contributed by atoms with Gasteiger partial charge in [-0.15, -0.1) is 0 Å². The highest BCUT2D eigenvalue weighted by Gasteiger charge is 2.04. The fourth-order valence-electron chi connectivity index (χ4n) is 1.44. The predicted octanol–water partition coefficient (Wildman–Crippen LogP) is 2.13. The molecule has 1 N–H and O–H groups in total. The van der Waals surface area contributed by atoms with Gasteiger partial charge in [0.05, 0.1) is 18.0 Å². The smallest absolute Gasteiger partial charge is 0.222 e. The summed E-state index contributed by atoms with van der Waals surface area (Å²) in [4.78, 5) is 7.43. The fourth-order valence-corrected chi connectivity index (χ4v) is 1.44. The molecule has 0 aromatic carbocycles. The second-order valence-corrected chi connectivity index (χ2v) is 2.93. The van der Waals surface area contributed by atoms with Crippen LogP contribution >= 0.6 is 0 Å². The van der Waals surface area contributed by atoms with Gasteiger partial charge in [0.2, 0.25) is 5.88 Å². The van der Waals surface area contributed by atoms with Gasteiger partial charge < -0.3 is 9.72 Å². The first-order chi connectivity index (χ1) is 6.35. The second-order valence-electron chi connectivity index (χ2n) is 2.93. The number of methoxy groups -OCH3 is 1. The molecule has 0 radical (unpaired) electrons. The first kappa shape index (κ1) is 8.10. The van der Waals surface area contributed by atoms with Crippen LogP contribution in [0.15, 0.2) is 18.3 Å². The normalized spacial score (nSPS) is 10.6. The number of fused-ring (bicyclic) bond motifs is 1. The Bertz CT molecular complexity index is 420. The maximum Gasteiger partial charge on any atom is 0.222 e. The maximum absolute atomic E-state index is 5.15. The van der Waals surface area contributed by atoms with Gasteiger partial charge in [0.15, 0.2) is 0 Å². The van der Waals surface area contributed by atoms with E-state index >= 15 is 0 Å². The highest BCUT2D eigenvalue weighted by molar-refractivity contribution is 5.84. The molecular formula is C10H12N2O. The monoisotopic (exact) mass is 176 g/mol. The van der Waals surface area contributed by atoms with Crippen LogP contribution in [0, 0.1) is 0 Å². The minimum atomic E-state index is 0.688. The molecule has 0 fully saturated rings. The number of nitrogens with zero attached hydrogens (tertiary/aromatic N) is 1. The number of nitrogens with one attached hydrogen (secondary N) is 1. The summed E-state index contributed by atoms with van der Waals surface area (Å²) in [6.07, 6.45) is 2.74. The lowest BCUT2D eigenvalue weighted by molar-refractivity contribution is 0.403. The van der Waals surface area contributed by atoms with E-state index in [0.29, 0.717) is 5.88 Å². The van der Waals surface area contributed by atoms with Crippen molar-refractivity contribution in [2.45, 2.75) is 13.3 Å². The lowest BCUT2D eigenvalue weighted by Gasteiger charge is -1.97. The van der Waals surface area contributed by atoms with Crippen molar-refractivity contribution in [3.63, 3.8) is 0 Å². The molecule has 68 valence electrons. The molecule has 0 aliphatic heterocycles. The molecule has 0 saturated heterocycles. The van der Waals surface area contributed by atoms with Crippen LogP contribution in [0.2, 0.25) is 0 Å². The minimum Gasteiger partial charge on any atom is -0.481 e. The second kappa shape index (κ2) is 3.09. The predicted molar refractivity (Wildman–Crippen MR) is 52.0 cm³/mol. The maximum atomic E-state index is 5.15. The Balaban J connectivity index is 2.67. The molecule has 2 heterocycles. The lowest BCUT2D eigenvalue weighted by atomic mass is 10.3. The zero-order chi connectivity index (χ0) is 9.26. The van der Waals surface area contributed by atoms with Gasteiger partial charge in [-0.25, -0.2) is 4.98 Å². The van der Waals surface area contributed by atoms with Crippen LogP contribution in [-0.4, -0.2) is 17.1 Å². The number of aromatic amines is 1.